The van der Waals surface area contributed by atoms with Crippen molar-refractivity contribution in [2.45, 2.75) is 46.1 Å². The summed E-state index contributed by atoms with van der Waals surface area (Å²) in [4.78, 5) is 25.3. The number of benzene rings is 3. The molecule has 1 amide bonds. The number of nitrogens with zero attached hydrogens (tertiary/aromatic N) is 3. The molecule has 5 aromatic rings. The minimum absolute atomic E-state index is 0.110. The monoisotopic (exact) mass is 592 g/mol. The average Bonchev–Trinajstić information content (AvgIpc) is 3.55. The van der Waals surface area contributed by atoms with Crippen molar-refractivity contribution in [3.05, 3.63) is 101 Å². The first-order valence-electron chi connectivity index (χ1n) is 13.2. The van der Waals surface area contributed by atoms with Gasteiger partial charge < -0.3 is 19.3 Å². The molecule has 43 heavy (non-hydrogen) atoms. The molecule has 0 saturated heterocycles. The Morgan fingerprint density at radius 3 is 2.40 bits per heavy atom. The third-order valence-electron chi connectivity index (χ3n) is 6.21. The van der Waals surface area contributed by atoms with Crippen LogP contribution in [0.4, 0.5) is 18.9 Å². The van der Waals surface area contributed by atoms with Crippen molar-refractivity contribution >= 4 is 28.5 Å². The van der Waals surface area contributed by atoms with Crippen LogP contribution in [0.2, 0.25) is 0 Å². The van der Waals surface area contributed by atoms with Crippen LogP contribution in [0.25, 0.3) is 16.7 Å². The number of hydrogen-bond acceptors (Lipinski definition) is 7. The number of halogens is 3. The SMILES string of the molecule is Cc1noc2cc(NC(=O)c3cccc(-n4nc(C(F)(F)F)cc4OCc4ccc(C(=O)OC(C)(C)C)cc4)c3)ccc12. The first-order chi connectivity index (χ1) is 20.3. The Kier molecular flexibility index (Phi) is 7.70. The third kappa shape index (κ3) is 6.85. The minimum Gasteiger partial charge on any atom is -0.473 e. The molecule has 0 radical (unpaired) electrons. The van der Waals surface area contributed by atoms with E-state index in [1.165, 1.54) is 24.3 Å². The molecule has 0 bridgehead atoms. The number of amides is 1. The van der Waals surface area contributed by atoms with E-state index >= 15 is 0 Å². The second-order valence-corrected chi connectivity index (χ2v) is 10.7. The molecule has 0 aliphatic rings. The summed E-state index contributed by atoms with van der Waals surface area (Å²) >= 11 is 0. The fourth-order valence-electron chi connectivity index (χ4n) is 4.15. The summed E-state index contributed by atoms with van der Waals surface area (Å²) in [5.41, 5.74) is 1.15. The van der Waals surface area contributed by atoms with Crippen LogP contribution >= 0.6 is 0 Å². The van der Waals surface area contributed by atoms with Crippen molar-refractivity contribution < 1.29 is 36.8 Å². The smallest absolute Gasteiger partial charge is 0.435 e. The van der Waals surface area contributed by atoms with Crippen LogP contribution in [-0.2, 0) is 17.5 Å². The molecule has 5 rings (SSSR count). The summed E-state index contributed by atoms with van der Waals surface area (Å²) in [7, 11) is 0. The topological polar surface area (TPSA) is 108 Å². The quantitative estimate of drug-likeness (QED) is 0.200. The highest BCUT2D eigenvalue weighted by atomic mass is 19.4. The lowest BCUT2D eigenvalue weighted by Gasteiger charge is -2.19. The van der Waals surface area contributed by atoms with Crippen LogP contribution in [0.5, 0.6) is 5.88 Å². The number of anilines is 1. The van der Waals surface area contributed by atoms with Crippen molar-refractivity contribution in [3.63, 3.8) is 0 Å². The van der Waals surface area contributed by atoms with Gasteiger partial charge in [0.1, 0.15) is 12.2 Å². The highest BCUT2D eigenvalue weighted by Gasteiger charge is 2.35. The van der Waals surface area contributed by atoms with Gasteiger partial charge in [-0.3, -0.25) is 4.79 Å². The molecule has 0 aliphatic carbocycles. The maximum atomic E-state index is 13.6. The van der Waals surface area contributed by atoms with Crippen LogP contribution in [0, 0.1) is 6.92 Å². The van der Waals surface area contributed by atoms with Gasteiger partial charge in [-0.05, 0) is 75.7 Å². The van der Waals surface area contributed by atoms with Gasteiger partial charge in [-0.2, -0.15) is 18.3 Å². The van der Waals surface area contributed by atoms with Crippen LogP contribution < -0.4 is 10.1 Å². The molecule has 9 nitrogen and oxygen atoms in total. The van der Waals surface area contributed by atoms with Crippen LogP contribution in [-0.4, -0.2) is 32.4 Å². The Morgan fingerprint density at radius 2 is 1.70 bits per heavy atom. The number of hydrogen-bond donors (Lipinski definition) is 1. The number of fused-ring (bicyclic) bond motifs is 1. The number of alkyl halides is 3. The predicted octanol–water partition coefficient (Wildman–Crippen LogP) is 7.13. The molecule has 3 aromatic carbocycles. The van der Waals surface area contributed by atoms with E-state index in [-0.39, 0.29) is 23.7 Å². The van der Waals surface area contributed by atoms with E-state index in [1.54, 1.807) is 70.2 Å². The molecule has 0 atom stereocenters. The van der Waals surface area contributed by atoms with Crippen molar-refractivity contribution in [2.24, 2.45) is 0 Å². The molecule has 1 N–H and O–H groups in total. The second kappa shape index (κ2) is 11.3. The molecule has 0 aliphatic heterocycles. The number of ether oxygens (including phenoxy) is 2. The van der Waals surface area contributed by atoms with Gasteiger partial charge in [0.2, 0.25) is 5.88 Å². The highest BCUT2D eigenvalue weighted by Crippen LogP contribution is 2.33. The zero-order valence-electron chi connectivity index (χ0n) is 23.7. The zero-order chi connectivity index (χ0) is 30.9. The Morgan fingerprint density at radius 1 is 0.953 bits per heavy atom. The van der Waals surface area contributed by atoms with E-state index in [9.17, 15) is 22.8 Å². The van der Waals surface area contributed by atoms with E-state index < -0.39 is 29.3 Å². The third-order valence-corrected chi connectivity index (χ3v) is 6.21. The molecule has 0 saturated carbocycles. The summed E-state index contributed by atoms with van der Waals surface area (Å²) in [6.45, 7) is 6.96. The van der Waals surface area contributed by atoms with E-state index in [2.05, 4.69) is 15.6 Å². The molecule has 0 spiro atoms. The van der Waals surface area contributed by atoms with E-state index in [4.69, 9.17) is 14.0 Å². The first kappa shape index (κ1) is 29.4. The van der Waals surface area contributed by atoms with Crippen LogP contribution in [0.15, 0.2) is 77.3 Å². The highest BCUT2D eigenvalue weighted by molar-refractivity contribution is 6.05. The largest absolute Gasteiger partial charge is 0.473 e. The molecule has 0 unspecified atom stereocenters. The number of aromatic nitrogens is 3. The number of rotatable bonds is 7. The van der Waals surface area contributed by atoms with Gasteiger partial charge in [0, 0.05) is 28.8 Å². The summed E-state index contributed by atoms with van der Waals surface area (Å²) < 4.78 is 58.1. The maximum Gasteiger partial charge on any atom is 0.435 e. The van der Waals surface area contributed by atoms with Crippen molar-refractivity contribution in [3.8, 4) is 11.6 Å². The fourth-order valence-corrected chi connectivity index (χ4v) is 4.15. The molecule has 2 aromatic heterocycles. The van der Waals surface area contributed by atoms with E-state index in [1.807, 2.05) is 0 Å². The predicted molar refractivity (Wildman–Crippen MR) is 151 cm³/mol. The van der Waals surface area contributed by atoms with Crippen LogP contribution in [0.3, 0.4) is 0 Å². The normalized spacial score (nSPS) is 11.9. The number of carbonyl (C=O) groups excluding carboxylic acids is 2. The van der Waals surface area contributed by atoms with Crippen molar-refractivity contribution in [2.75, 3.05) is 5.32 Å². The molecule has 0 fully saturated rings. The van der Waals surface area contributed by atoms with Crippen LogP contribution in [0.1, 0.15) is 58.4 Å². The number of nitrogens with one attached hydrogen (secondary N) is 1. The van der Waals surface area contributed by atoms with Crippen molar-refractivity contribution in [1.29, 1.82) is 0 Å². The zero-order valence-corrected chi connectivity index (χ0v) is 23.7. The molecular weight excluding hydrogens is 565 g/mol. The van der Waals surface area contributed by atoms with Crippen molar-refractivity contribution in [1.82, 2.24) is 14.9 Å². The number of carbonyl (C=O) groups is 2. The Labute approximate surface area is 244 Å². The maximum absolute atomic E-state index is 13.6. The summed E-state index contributed by atoms with van der Waals surface area (Å²) in [5, 5.41) is 11.2. The van der Waals surface area contributed by atoms with E-state index in [0.29, 0.717) is 28.1 Å². The number of esters is 1. The summed E-state index contributed by atoms with van der Waals surface area (Å²) in [5.74, 6) is -1.18. The van der Waals surface area contributed by atoms with Gasteiger partial charge in [-0.1, -0.05) is 23.4 Å². The fraction of sp³-hybridized carbons (Fsp3) is 0.226. The Hall–Kier alpha value is -5.13. The second-order valence-electron chi connectivity index (χ2n) is 10.7. The molecular formula is C31H27F3N4O5. The van der Waals surface area contributed by atoms with Gasteiger partial charge in [-0.25, -0.2) is 9.48 Å². The minimum atomic E-state index is -4.73. The standard InChI is InChI=1S/C31H27F3N4O5/c1-18-24-13-12-22(15-25(24)43-37-18)35-28(39)21-6-5-7-23(14-21)38-27(16-26(36-38)31(32,33)34)41-17-19-8-10-20(11-9-19)29(40)42-30(2,3)4/h5-16H,17H2,1-4H3,(H,35,39). The summed E-state index contributed by atoms with van der Waals surface area (Å²) in [6, 6.07) is 18.2. The van der Waals surface area contributed by atoms with Gasteiger partial charge in [0.15, 0.2) is 11.3 Å². The Bertz CT molecular complexity index is 1800. The molecule has 12 heteroatoms. The first-order valence-corrected chi connectivity index (χ1v) is 13.2. The number of aryl methyl sites for hydroxylation is 1. The van der Waals surface area contributed by atoms with Gasteiger partial charge in [0.25, 0.3) is 5.91 Å². The van der Waals surface area contributed by atoms with Gasteiger partial charge in [0.05, 0.1) is 16.9 Å². The van der Waals surface area contributed by atoms with E-state index in [0.717, 1.165) is 16.1 Å². The Balaban J connectivity index is 1.35. The van der Waals surface area contributed by atoms with Gasteiger partial charge >= 0.3 is 12.1 Å². The molecule has 2 heterocycles. The lowest BCUT2D eigenvalue weighted by molar-refractivity contribution is -0.141. The molecule has 222 valence electrons. The van der Waals surface area contributed by atoms with Gasteiger partial charge in [-0.15, -0.1) is 0 Å². The average molecular weight is 593 g/mol. The lowest BCUT2D eigenvalue weighted by Crippen LogP contribution is -2.23. The lowest BCUT2D eigenvalue weighted by atomic mass is 10.1. The summed E-state index contributed by atoms with van der Waals surface area (Å²) in [6.07, 6.45) is -4.73.